The van der Waals surface area contributed by atoms with Crippen LogP contribution >= 0.6 is 0 Å². The topological polar surface area (TPSA) is 60.3 Å². The van der Waals surface area contributed by atoms with Crippen LogP contribution in [0.1, 0.15) is 11.4 Å². The molecule has 0 atom stereocenters. The molecule has 0 unspecified atom stereocenters. The van der Waals surface area contributed by atoms with E-state index in [9.17, 15) is 0 Å². The Hall–Kier alpha value is -6.03. The fourth-order valence-corrected chi connectivity index (χ4v) is 6.15. The Morgan fingerprint density at radius 3 is 1.02 bits per heavy atom. The Balaban J connectivity index is 1.62. The van der Waals surface area contributed by atoms with E-state index in [0.29, 0.717) is 16.7 Å². The number of aromatic amines is 3. The van der Waals surface area contributed by atoms with Gasteiger partial charge < -0.3 is 15.0 Å². The second-order valence-electron chi connectivity index (χ2n) is 11.0. The molecule has 0 fully saturated rings. The zero-order valence-corrected chi connectivity index (χ0v) is 24.0. The first-order chi connectivity index (χ1) is 22.8. The molecular formula is C37H20F6N4. The molecule has 3 N–H and O–H groups in total. The van der Waals surface area contributed by atoms with Crippen LogP contribution in [0.15, 0.2) is 91.0 Å². The molecule has 4 aromatic heterocycles. The van der Waals surface area contributed by atoms with Gasteiger partial charge in [0.1, 0.15) is 34.9 Å². The number of rotatable bonds is 3. The predicted octanol–water partition coefficient (Wildman–Crippen LogP) is 10.5. The summed E-state index contributed by atoms with van der Waals surface area (Å²) in [6.07, 6.45) is 3.23. The number of H-pyrrole nitrogens is 3. The minimum absolute atomic E-state index is 0.0259. The molecule has 0 amide bonds. The molecule has 1 aliphatic heterocycles. The smallest absolute Gasteiger partial charge is 0.134 e. The van der Waals surface area contributed by atoms with Crippen molar-refractivity contribution in [3.05, 3.63) is 137 Å². The third-order valence-corrected chi connectivity index (χ3v) is 8.22. The molecule has 8 rings (SSSR count). The number of fused-ring (bicyclic) bond motifs is 9. The number of nitrogens with zero attached hydrogens (tertiary/aromatic N) is 1. The molecule has 8 bridgehead atoms. The molecule has 3 aromatic carbocycles. The number of benzene rings is 3. The first-order valence-electron chi connectivity index (χ1n) is 14.5. The van der Waals surface area contributed by atoms with Gasteiger partial charge >= 0.3 is 0 Å². The Kier molecular flexibility index (Phi) is 6.54. The van der Waals surface area contributed by atoms with E-state index in [1.165, 1.54) is 30.3 Å². The second-order valence-corrected chi connectivity index (χ2v) is 11.0. The summed E-state index contributed by atoms with van der Waals surface area (Å²) in [7, 11) is 0. The highest BCUT2D eigenvalue weighted by atomic mass is 19.2. The lowest BCUT2D eigenvalue weighted by molar-refractivity contribution is 0.589. The van der Waals surface area contributed by atoms with Crippen LogP contribution in [0.3, 0.4) is 0 Å². The van der Waals surface area contributed by atoms with Crippen molar-refractivity contribution >= 4 is 45.3 Å². The molecule has 47 heavy (non-hydrogen) atoms. The van der Waals surface area contributed by atoms with Gasteiger partial charge in [0.15, 0.2) is 0 Å². The van der Waals surface area contributed by atoms with Gasteiger partial charge in [0, 0.05) is 44.3 Å². The maximum Gasteiger partial charge on any atom is 0.134 e. The van der Waals surface area contributed by atoms with E-state index in [1.54, 1.807) is 36.4 Å². The molecule has 0 saturated heterocycles. The molecule has 230 valence electrons. The molecular weight excluding hydrogens is 614 g/mol. The first kappa shape index (κ1) is 28.4. The zero-order valence-electron chi connectivity index (χ0n) is 24.0. The molecule has 0 saturated carbocycles. The summed E-state index contributed by atoms with van der Waals surface area (Å²) in [6, 6.07) is 19.9. The van der Waals surface area contributed by atoms with Crippen LogP contribution in [-0.4, -0.2) is 19.9 Å². The Labute approximate surface area is 262 Å². The third kappa shape index (κ3) is 4.60. The highest BCUT2D eigenvalue weighted by Gasteiger charge is 2.22. The molecule has 0 radical (unpaired) electrons. The highest BCUT2D eigenvalue weighted by Crippen LogP contribution is 2.39. The Morgan fingerprint density at radius 1 is 0.319 bits per heavy atom. The lowest BCUT2D eigenvalue weighted by Crippen LogP contribution is -1.94. The van der Waals surface area contributed by atoms with Crippen molar-refractivity contribution in [1.82, 2.24) is 19.9 Å². The summed E-state index contributed by atoms with van der Waals surface area (Å²) in [4.78, 5) is 14.1. The van der Waals surface area contributed by atoms with Crippen molar-refractivity contribution in [2.45, 2.75) is 0 Å². The number of nitrogens with one attached hydrogen (secondary N) is 3. The summed E-state index contributed by atoms with van der Waals surface area (Å²) in [5.41, 5.74) is 1.33. The molecule has 0 spiro atoms. The number of halogens is 6. The summed E-state index contributed by atoms with van der Waals surface area (Å²) >= 11 is 0. The molecule has 1 aliphatic rings. The van der Waals surface area contributed by atoms with E-state index in [2.05, 4.69) is 19.9 Å². The van der Waals surface area contributed by atoms with E-state index in [0.717, 1.165) is 36.4 Å². The van der Waals surface area contributed by atoms with Gasteiger partial charge in [0.25, 0.3) is 0 Å². The normalized spacial score (nSPS) is 12.0. The average molecular weight is 635 g/mol. The van der Waals surface area contributed by atoms with Gasteiger partial charge in [0.05, 0.1) is 33.6 Å². The van der Waals surface area contributed by atoms with Crippen molar-refractivity contribution in [3.8, 4) is 33.4 Å². The highest BCUT2D eigenvalue weighted by molar-refractivity contribution is 6.00. The maximum absolute atomic E-state index is 15.5. The van der Waals surface area contributed by atoms with E-state index < -0.39 is 40.5 Å². The quantitative estimate of drug-likeness (QED) is 0.166. The number of hydrogen-bond donors (Lipinski definition) is 3. The van der Waals surface area contributed by atoms with Gasteiger partial charge in [0.2, 0.25) is 0 Å². The first-order valence-corrected chi connectivity index (χ1v) is 14.5. The summed E-state index contributed by atoms with van der Waals surface area (Å²) < 4.78 is 92.4. The lowest BCUT2D eigenvalue weighted by atomic mass is 10.0. The number of aromatic nitrogens is 4. The SMILES string of the molecule is Fc1cccc(F)c1-c1c2nc(c3ccc([nH]3)c(-c3c(F)cccc3F)c3ccc([nH]3)c(-c3c(F)cccc3F)c3ccc1[nH]3)C=C2. The van der Waals surface area contributed by atoms with Crippen molar-refractivity contribution in [2.75, 3.05) is 0 Å². The molecule has 0 aliphatic carbocycles. The molecule has 4 nitrogen and oxygen atoms in total. The van der Waals surface area contributed by atoms with Crippen LogP contribution in [-0.2, 0) is 0 Å². The minimum Gasteiger partial charge on any atom is -0.354 e. The molecule has 10 heteroatoms. The zero-order chi connectivity index (χ0) is 32.4. The van der Waals surface area contributed by atoms with Crippen molar-refractivity contribution in [1.29, 1.82) is 0 Å². The Morgan fingerprint density at radius 2 is 0.617 bits per heavy atom. The van der Waals surface area contributed by atoms with Gasteiger partial charge in [-0.05, 0) is 84.9 Å². The third-order valence-electron chi connectivity index (χ3n) is 8.22. The van der Waals surface area contributed by atoms with E-state index in [1.807, 2.05) is 0 Å². The summed E-state index contributed by atoms with van der Waals surface area (Å²) in [5.74, 6) is -5.10. The van der Waals surface area contributed by atoms with Gasteiger partial charge in [-0.2, -0.15) is 0 Å². The fraction of sp³-hybridized carbons (Fsp3) is 0. The van der Waals surface area contributed by atoms with Crippen LogP contribution < -0.4 is 0 Å². The van der Waals surface area contributed by atoms with Crippen LogP contribution in [0.5, 0.6) is 0 Å². The van der Waals surface area contributed by atoms with Crippen LogP contribution in [0, 0.1) is 34.9 Å². The fourth-order valence-electron chi connectivity index (χ4n) is 6.15. The van der Waals surface area contributed by atoms with E-state index in [-0.39, 0.29) is 55.6 Å². The van der Waals surface area contributed by atoms with Crippen molar-refractivity contribution in [2.24, 2.45) is 0 Å². The van der Waals surface area contributed by atoms with Crippen LogP contribution in [0.2, 0.25) is 0 Å². The maximum atomic E-state index is 15.5. The predicted molar refractivity (Wildman–Crippen MR) is 171 cm³/mol. The largest absolute Gasteiger partial charge is 0.354 e. The van der Waals surface area contributed by atoms with Gasteiger partial charge in [-0.1, -0.05) is 18.2 Å². The monoisotopic (exact) mass is 634 g/mol. The van der Waals surface area contributed by atoms with Gasteiger partial charge in [-0.15, -0.1) is 0 Å². The van der Waals surface area contributed by atoms with Gasteiger partial charge in [-0.25, -0.2) is 31.3 Å². The second kappa shape index (κ2) is 10.8. The Bertz CT molecular complexity index is 2500. The lowest BCUT2D eigenvalue weighted by Gasteiger charge is -2.08. The summed E-state index contributed by atoms with van der Waals surface area (Å²) in [5, 5.41) is 0. The summed E-state index contributed by atoms with van der Waals surface area (Å²) in [6.45, 7) is 0. The van der Waals surface area contributed by atoms with E-state index in [4.69, 9.17) is 0 Å². The van der Waals surface area contributed by atoms with Crippen molar-refractivity contribution in [3.63, 3.8) is 0 Å². The number of hydrogen-bond acceptors (Lipinski definition) is 1. The minimum atomic E-state index is -0.879. The van der Waals surface area contributed by atoms with Crippen molar-refractivity contribution < 1.29 is 26.3 Å². The molecule has 7 aromatic rings. The van der Waals surface area contributed by atoms with Crippen LogP contribution in [0.25, 0.3) is 78.6 Å². The average Bonchev–Trinajstić information content (AvgIpc) is 3.86. The molecule has 5 heterocycles. The van der Waals surface area contributed by atoms with Gasteiger partial charge in [-0.3, -0.25) is 0 Å². The van der Waals surface area contributed by atoms with Crippen LogP contribution in [0.4, 0.5) is 26.3 Å². The van der Waals surface area contributed by atoms with E-state index >= 15 is 26.3 Å². The standard InChI is InChI=1S/C37H20F6N4/c38-18-4-1-5-19(39)32(18)35-26-12-10-24(44-26)25-11-13-27(45-25)36(33-20(40)6-2-7-21(33)41)29-15-17-31(47-29)37(30-16-14-28(35)46-30)34-22(42)8-3-9-23(34)43/h1-17,44,46-47H.